The van der Waals surface area contributed by atoms with Crippen LogP contribution in [0.2, 0.25) is 0 Å². The monoisotopic (exact) mass is 343 g/mol. The number of anilines is 1. The predicted octanol–water partition coefficient (Wildman–Crippen LogP) is 1.76. The molecule has 5 nitrogen and oxygen atoms in total. The Kier molecular flexibility index (Phi) is 5.54. The van der Waals surface area contributed by atoms with Crippen molar-refractivity contribution in [1.29, 1.82) is 0 Å². The maximum atomic E-state index is 4.49. The molecule has 0 aromatic carbocycles. The van der Waals surface area contributed by atoms with E-state index in [1.54, 1.807) is 0 Å². The van der Waals surface area contributed by atoms with Gasteiger partial charge in [0.15, 0.2) is 0 Å². The maximum Gasteiger partial charge on any atom is 0.128 e. The third-order valence-corrected chi connectivity index (χ3v) is 6.44. The third kappa shape index (κ3) is 4.15. The normalized spacial score (nSPS) is 27.4. The summed E-state index contributed by atoms with van der Waals surface area (Å²) in [5.74, 6) is 1.13. The highest BCUT2D eigenvalue weighted by Gasteiger charge is 2.33. The fourth-order valence-corrected chi connectivity index (χ4v) is 4.65. The van der Waals surface area contributed by atoms with E-state index in [1.807, 2.05) is 12.3 Å². The van der Waals surface area contributed by atoms with Crippen molar-refractivity contribution >= 4 is 5.82 Å². The molecule has 5 heteroatoms. The number of aromatic nitrogens is 1. The summed E-state index contributed by atoms with van der Waals surface area (Å²) >= 11 is 0. The van der Waals surface area contributed by atoms with Gasteiger partial charge in [0, 0.05) is 57.5 Å². The van der Waals surface area contributed by atoms with Crippen molar-refractivity contribution in [3.63, 3.8) is 0 Å². The Bertz CT molecular complexity index is 522. The fourth-order valence-electron chi connectivity index (χ4n) is 4.65. The Hall–Kier alpha value is -1.17. The summed E-state index contributed by atoms with van der Waals surface area (Å²) in [6.07, 6.45) is 7.48. The number of nitrogens with zero attached hydrogens (tertiary/aromatic N) is 5. The van der Waals surface area contributed by atoms with Gasteiger partial charge >= 0.3 is 0 Å². The fraction of sp³-hybridized carbons (Fsp3) is 0.750. The summed E-state index contributed by atoms with van der Waals surface area (Å²) in [5, 5.41) is 0. The molecule has 0 saturated carbocycles. The maximum absolute atomic E-state index is 4.49. The minimum Gasteiger partial charge on any atom is -0.354 e. The molecular weight excluding hydrogens is 310 g/mol. The predicted molar refractivity (Wildman–Crippen MR) is 103 cm³/mol. The molecule has 3 fully saturated rings. The molecule has 0 bridgehead atoms. The van der Waals surface area contributed by atoms with Crippen LogP contribution in [0.3, 0.4) is 0 Å². The van der Waals surface area contributed by atoms with E-state index in [1.165, 1.54) is 65.0 Å². The van der Waals surface area contributed by atoms with Gasteiger partial charge in [0.1, 0.15) is 5.82 Å². The SMILES string of the molecule is CN1CCCCC1CCN1CC(N2CCN(c3ccccn3)CC2)C1. The summed E-state index contributed by atoms with van der Waals surface area (Å²) < 4.78 is 0. The standard InChI is InChI=1S/C20H33N5/c1-22-10-5-3-6-18(22)8-11-23-16-19(17-23)24-12-14-25(15-13-24)20-7-2-4-9-21-20/h2,4,7,9,18-19H,3,5-6,8,10-17H2,1H3. The molecule has 3 aliphatic heterocycles. The first kappa shape index (κ1) is 17.3. The van der Waals surface area contributed by atoms with Gasteiger partial charge in [-0.1, -0.05) is 12.5 Å². The lowest BCUT2D eigenvalue weighted by molar-refractivity contribution is 0.0235. The zero-order valence-electron chi connectivity index (χ0n) is 15.7. The van der Waals surface area contributed by atoms with Crippen molar-refractivity contribution in [2.24, 2.45) is 0 Å². The number of likely N-dealkylation sites (tertiary alicyclic amines) is 2. The summed E-state index contributed by atoms with van der Waals surface area (Å²) in [6.45, 7) is 9.73. The Morgan fingerprint density at radius 2 is 1.88 bits per heavy atom. The highest BCUT2D eigenvalue weighted by atomic mass is 15.4. The van der Waals surface area contributed by atoms with Gasteiger partial charge < -0.3 is 14.7 Å². The Labute approximate surface area is 152 Å². The van der Waals surface area contributed by atoms with Crippen LogP contribution in [-0.2, 0) is 0 Å². The van der Waals surface area contributed by atoms with Crippen LogP contribution in [-0.4, -0.2) is 91.2 Å². The van der Waals surface area contributed by atoms with E-state index in [-0.39, 0.29) is 0 Å². The second-order valence-corrected chi connectivity index (χ2v) is 8.04. The van der Waals surface area contributed by atoms with E-state index in [0.717, 1.165) is 31.0 Å². The number of hydrogen-bond donors (Lipinski definition) is 0. The van der Waals surface area contributed by atoms with Crippen LogP contribution < -0.4 is 4.90 Å². The van der Waals surface area contributed by atoms with Gasteiger partial charge in [0.2, 0.25) is 0 Å². The van der Waals surface area contributed by atoms with Gasteiger partial charge in [-0.15, -0.1) is 0 Å². The molecule has 0 spiro atoms. The quantitative estimate of drug-likeness (QED) is 0.812. The summed E-state index contributed by atoms with van der Waals surface area (Å²) in [7, 11) is 2.31. The van der Waals surface area contributed by atoms with Gasteiger partial charge in [-0.2, -0.15) is 0 Å². The van der Waals surface area contributed by atoms with Crippen molar-refractivity contribution in [2.45, 2.75) is 37.8 Å². The second-order valence-electron chi connectivity index (χ2n) is 8.04. The average Bonchev–Trinajstić information content (AvgIpc) is 2.63. The van der Waals surface area contributed by atoms with Crippen LogP contribution in [0, 0.1) is 0 Å². The molecule has 4 rings (SSSR count). The minimum atomic E-state index is 0.787. The molecule has 3 saturated heterocycles. The summed E-state index contributed by atoms with van der Waals surface area (Å²) in [5.41, 5.74) is 0. The second kappa shape index (κ2) is 8.02. The molecule has 0 N–H and O–H groups in total. The number of piperidine rings is 1. The Balaban J connectivity index is 1.15. The molecule has 0 radical (unpaired) electrons. The van der Waals surface area contributed by atoms with Gasteiger partial charge in [0.25, 0.3) is 0 Å². The van der Waals surface area contributed by atoms with Crippen LogP contribution in [0.1, 0.15) is 25.7 Å². The van der Waals surface area contributed by atoms with Crippen molar-refractivity contribution in [3.05, 3.63) is 24.4 Å². The average molecular weight is 344 g/mol. The molecule has 1 atom stereocenters. The molecule has 0 amide bonds. The van der Waals surface area contributed by atoms with E-state index in [2.05, 4.69) is 43.8 Å². The lowest BCUT2D eigenvalue weighted by Crippen LogP contribution is -2.63. The highest BCUT2D eigenvalue weighted by molar-refractivity contribution is 5.38. The van der Waals surface area contributed by atoms with Gasteiger partial charge in [-0.25, -0.2) is 4.98 Å². The van der Waals surface area contributed by atoms with Gasteiger partial charge in [0.05, 0.1) is 0 Å². The van der Waals surface area contributed by atoms with E-state index in [4.69, 9.17) is 0 Å². The molecule has 1 aromatic heterocycles. The molecule has 1 unspecified atom stereocenters. The van der Waals surface area contributed by atoms with E-state index in [0.29, 0.717) is 0 Å². The largest absolute Gasteiger partial charge is 0.354 e. The van der Waals surface area contributed by atoms with Crippen molar-refractivity contribution in [3.8, 4) is 0 Å². The molecule has 25 heavy (non-hydrogen) atoms. The van der Waals surface area contributed by atoms with Crippen LogP contribution in [0.5, 0.6) is 0 Å². The van der Waals surface area contributed by atoms with E-state index < -0.39 is 0 Å². The van der Waals surface area contributed by atoms with Crippen LogP contribution in [0.4, 0.5) is 5.82 Å². The molecule has 138 valence electrons. The number of piperazine rings is 1. The third-order valence-electron chi connectivity index (χ3n) is 6.44. The zero-order chi connectivity index (χ0) is 17.1. The Morgan fingerprint density at radius 1 is 1.04 bits per heavy atom. The van der Waals surface area contributed by atoms with Crippen molar-refractivity contribution < 1.29 is 0 Å². The smallest absolute Gasteiger partial charge is 0.128 e. The summed E-state index contributed by atoms with van der Waals surface area (Å²) in [4.78, 5) is 14.9. The summed E-state index contributed by atoms with van der Waals surface area (Å²) in [6, 6.07) is 7.82. The Morgan fingerprint density at radius 3 is 2.60 bits per heavy atom. The van der Waals surface area contributed by atoms with Crippen LogP contribution in [0.25, 0.3) is 0 Å². The lowest BCUT2D eigenvalue weighted by atomic mass is 9.98. The van der Waals surface area contributed by atoms with Crippen molar-refractivity contribution in [2.75, 3.05) is 64.3 Å². The highest BCUT2D eigenvalue weighted by Crippen LogP contribution is 2.22. The first-order valence-electron chi connectivity index (χ1n) is 10.1. The van der Waals surface area contributed by atoms with E-state index in [9.17, 15) is 0 Å². The molecule has 0 aliphatic carbocycles. The molecular formula is C20H33N5. The van der Waals surface area contributed by atoms with E-state index >= 15 is 0 Å². The number of rotatable bonds is 5. The first-order valence-corrected chi connectivity index (χ1v) is 10.1. The molecule has 3 aliphatic rings. The number of pyridine rings is 1. The topological polar surface area (TPSA) is 25.9 Å². The van der Waals surface area contributed by atoms with Crippen LogP contribution >= 0.6 is 0 Å². The van der Waals surface area contributed by atoms with Gasteiger partial charge in [-0.05, 0) is 51.5 Å². The van der Waals surface area contributed by atoms with Crippen molar-refractivity contribution in [1.82, 2.24) is 19.7 Å². The zero-order valence-corrected chi connectivity index (χ0v) is 15.7. The molecule has 1 aromatic rings. The number of hydrogen-bond acceptors (Lipinski definition) is 5. The minimum absolute atomic E-state index is 0.787. The molecule has 4 heterocycles. The lowest BCUT2D eigenvalue weighted by Gasteiger charge is -2.49. The first-order chi connectivity index (χ1) is 12.3. The van der Waals surface area contributed by atoms with Crippen LogP contribution in [0.15, 0.2) is 24.4 Å². The van der Waals surface area contributed by atoms with Gasteiger partial charge in [-0.3, -0.25) is 4.90 Å².